The van der Waals surface area contributed by atoms with Gasteiger partial charge < -0.3 is 20.1 Å². The average molecular weight is 487 g/mol. The summed E-state index contributed by atoms with van der Waals surface area (Å²) < 4.78 is 10.4. The fraction of sp³-hybridized carbons (Fsp3) is 0.333. The Morgan fingerprint density at radius 1 is 0.889 bits per heavy atom. The number of hydrogen-bond donors (Lipinski definition) is 2. The van der Waals surface area contributed by atoms with Crippen molar-refractivity contribution in [2.24, 2.45) is 5.92 Å². The minimum Gasteiger partial charge on any atom is -0.497 e. The molecule has 36 heavy (non-hydrogen) atoms. The van der Waals surface area contributed by atoms with Crippen molar-refractivity contribution >= 4 is 12.0 Å². The van der Waals surface area contributed by atoms with Crippen LogP contribution in [-0.2, 0) is 11.3 Å². The molecule has 0 unspecified atom stereocenters. The molecule has 3 aromatic carbocycles. The van der Waals surface area contributed by atoms with Crippen LogP contribution in [0.3, 0.4) is 0 Å². The van der Waals surface area contributed by atoms with Crippen LogP contribution in [0.4, 0.5) is 4.79 Å². The van der Waals surface area contributed by atoms with Gasteiger partial charge in [-0.3, -0.25) is 4.79 Å². The van der Waals surface area contributed by atoms with E-state index in [1.807, 2.05) is 49.4 Å². The molecule has 6 nitrogen and oxygen atoms in total. The fourth-order valence-electron chi connectivity index (χ4n) is 4.83. The third kappa shape index (κ3) is 6.66. The monoisotopic (exact) mass is 486 g/mol. The second kappa shape index (κ2) is 12.2. The smallest absolute Gasteiger partial charge is 0.412 e. The van der Waals surface area contributed by atoms with Crippen LogP contribution in [0, 0.1) is 5.92 Å². The highest BCUT2D eigenvalue weighted by atomic mass is 16.6. The number of benzene rings is 3. The van der Waals surface area contributed by atoms with Gasteiger partial charge in [-0.2, -0.15) is 0 Å². The van der Waals surface area contributed by atoms with Crippen LogP contribution in [0.25, 0.3) is 0 Å². The van der Waals surface area contributed by atoms with Crippen molar-refractivity contribution in [2.45, 2.75) is 51.1 Å². The molecule has 0 aromatic heterocycles. The molecule has 0 spiro atoms. The molecular weight excluding hydrogens is 452 g/mol. The molecule has 0 heterocycles. The molecule has 1 aliphatic rings. The summed E-state index contributed by atoms with van der Waals surface area (Å²) in [5.74, 6) is 1.44. The van der Waals surface area contributed by atoms with Crippen LogP contribution in [0.2, 0.25) is 0 Å². The molecule has 1 saturated carbocycles. The van der Waals surface area contributed by atoms with Gasteiger partial charge in [0.2, 0.25) is 5.91 Å². The lowest BCUT2D eigenvalue weighted by molar-refractivity contribution is -0.127. The van der Waals surface area contributed by atoms with Gasteiger partial charge in [0, 0.05) is 12.5 Å². The quantitative estimate of drug-likeness (QED) is 0.401. The largest absolute Gasteiger partial charge is 0.497 e. The van der Waals surface area contributed by atoms with E-state index in [1.54, 1.807) is 31.4 Å². The van der Waals surface area contributed by atoms with E-state index in [4.69, 9.17) is 9.47 Å². The van der Waals surface area contributed by atoms with Crippen molar-refractivity contribution in [3.8, 4) is 11.5 Å². The van der Waals surface area contributed by atoms with Crippen molar-refractivity contribution in [1.29, 1.82) is 0 Å². The van der Waals surface area contributed by atoms with Gasteiger partial charge in [0.15, 0.2) is 0 Å². The highest BCUT2D eigenvalue weighted by Gasteiger charge is 2.32. The summed E-state index contributed by atoms with van der Waals surface area (Å²) in [6, 6.07) is 25.1. The Morgan fingerprint density at radius 2 is 1.56 bits per heavy atom. The summed E-state index contributed by atoms with van der Waals surface area (Å²) in [7, 11) is 1.59. The van der Waals surface area contributed by atoms with E-state index >= 15 is 0 Å². The minimum absolute atomic E-state index is 0.0209. The maximum absolute atomic E-state index is 13.2. The van der Waals surface area contributed by atoms with Gasteiger partial charge in [-0.05, 0) is 66.6 Å². The molecule has 3 aromatic rings. The zero-order valence-electron chi connectivity index (χ0n) is 20.9. The highest BCUT2D eigenvalue weighted by molar-refractivity contribution is 5.80. The predicted molar refractivity (Wildman–Crippen MR) is 140 cm³/mol. The fourth-order valence-corrected chi connectivity index (χ4v) is 4.83. The van der Waals surface area contributed by atoms with Gasteiger partial charge in [-0.15, -0.1) is 0 Å². The average Bonchev–Trinajstić information content (AvgIpc) is 2.93. The van der Waals surface area contributed by atoms with Gasteiger partial charge in [0.05, 0.1) is 13.2 Å². The highest BCUT2D eigenvalue weighted by Crippen LogP contribution is 2.38. The molecular formula is C30H34N2O4. The Bertz CT molecular complexity index is 1130. The Labute approximate surface area is 213 Å². The zero-order chi connectivity index (χ0) is 25.3. The second-order valence-electron chi connectivity index (χ2n) is 9.30. The Kier molecular flexibility index (Phi) is 8.61. The van der Waals surface area contributed by atoms with Gasteiger partial charge in [-0.25, -0.2) is 4.79 Å². The number of hydrogen-bond acceptors (Lipinski definition) is 4. The number of carbonyl (C=O) groups is 2. The summed E-state index contributed by atoms with van der Waals surface area (Å²) in [6.45, 7) is 2.39. The minimum atomic E-state index is -0.513. The SMILES string of the molecule is COc1ccc(OC(=O)NCc2ccc([C@H]3CCCC[C@@H]3C(=O)N[C@@H](C)c3ccccc3)cc2)cc1. The van der Waals surface area contributed by atoms with Crippen LogP contribution in [0.1, 0.15) is 61.3 Å². The topological polar surface area (TPSA) is 76.7 Å². The van der Waals surface area contributed by atoms with Crippen LogP contribution in [0.15, 0.2) is 78.9 Å². The Morgan fingerprint density at radius 3 is 2.25 bits per heavy atom. The maximum atomic E-state index is 13.2. The molecule has 4 rings (SSSR count). The molecule has 0 bridgehead atoms. The first-order valence-electron chi connectivity index (χ1n) is 12.6. The van der Waals surface area contributed by atoms with E-state index in [2.05, 4.69) is 22.8 Å². The van der Waals surface area contributed by atoms with E-state index in [0.29, 0.717) is 18.0 Å². The summed E-state index contributed by atoms with van der Waals surface area (Å²) in [4.78, 5) is 25.4. The molecule has 6 heteroatoms. The third-order valence-electron chi connectivity index (χ3n) is 6.88. The standard InChI is InChI=1S/C30H34N2O4/c1-21(23-8-4-3-5-9-23)32-29(33)28-11-7-6-10-27(28)24-14-12-22(13-15-24)20-31-30(34)36-26-18-16-25(35-2)17-19-26/h3-5,8-9,12-19,21,27-28H,6-7,10-11,20H2,1-2H3,(H,31,34)(H,32,33)/t21-,27+,28-/m0/s1. The summed E-state index contributed by atoms with van der Waals surface area (Å²) in [5, 5.41) is 6.01. The first-order valence-corrected chi connectivity index (χ1v) is 12.6. The molecule has 3 atom stereocenters. The van der Waals surface area contributed by atoms with Gasteiger partial charge >= 0.3 is 6.09 Å². The lowest BCUT2D eigenvalue weighted by Gasteiger charge is -2.32. The van der Waals surface area contributed by atoms with Crippen LogP contribution >= 0.6 is 0 Å². The molecule has 2 amide bonds. The molecule has 0 saturated heterocycles. The van der Waals surface area contributed by atoms with Gasteiger partial charge in [0.1, 0.15) is 11.5 Å². The van der Waals surface area contributed by atoms with Crippen molar-refractivity contribution < 1.29 is 19.1 Å². The van der Waals surface area contributed by atoms with Crippen molar-refractivity contribution in [3.63, 3.8) is 0 Å². The van der Waals surface area contributed by atoms with E-state index in [-0.39, 0.29) is 23.8 Å². The van der Waals surface area contributed by atoms with Crippen LogP contribution in [0.5, 0.6) is 11.5 Å². The van der Waals surface area contributed by atoms with E-state index in [9.17, 15) is 9.59 Å². The zero-order valence-corrected chi connectivity index (χ0v) is 20.9. The first-order chi connectivity index (χ1) is 17.5. The van der Waals surface area contributed by atoms with E-state index < -0.39 is 6.09 Å². The lowest BCUT2D eigenvalue weighted by atomic mass is 9.75. The lowest BCUT2D eigenvalue weighted by Crippen LogP contribution is -2.37. The molecule has 188 valence electrons. The number of ether oxygens (including phenoxy) is 2. The number of rotatable bonds is 8. The predicted octanol–water partition coefficient (Wildman–Crippen LogP) is 6.14. The van der Waals surface area contributed by atoms with Crippen LogP contribution < -0.4 is 20.1 Å². The van der Waals surface area contributed by atoms with E-state index in [0.717, 1.165) is 36.8 Å². The Hall–Kier alpha value is -3.80. The second-order valence-corrected chi connectivity index (χ2v) is 9.30. The normalized spacial score (nSPS) is 18.1. The molecule has 0 aliphatic heterocycles. The molecule has 1 aliphatic carbocycles. The molecule has 2 N–H and O–H groups in total. The Balaban J connectivity index is 1.32. The maximum Gasteiger partial charge on any atom is 0.412 e. The first kappa shape index (κ1) is 25.3. The number of methoxy groups -OCH3 is 1. The third-order valence-corrected chi connectivity index (χ3v) is 6.88. The number of amides is 2. The van der Waals surface area contributed by atoms with Crippen molar-refractivity contribution in [3.05, 3.63) is 95.6 Å². The van der Waals surface area contributed by atoms with Crippen molar-refractivity contribution in [1.82, 2.24) is 10.6 Å². The number of nitrogens with one attached hydrogen (secondary N) is 2. The summed E-state index contributed by atoms with van der Waals surface area (Å²) in [5.41, 5.74) is 3.26. The van der Waals surface area contributed by atoms with Crippen molar-refractivity contribution in [2.75, 3.05) is 7.11 Å². The molecule has 0 radical (unpaired) electrons. The number of carbonyl (C=O) groups excluding carboxylic acids is 2. The van der Waals surface area contributed by atoms with Crippen LogP contribution in [-0.4, -0.2) is 19.1 Å². The summed E-state index contributed by atoms with van der Waals surface area (Å²) >= 11 is 0. The van der Waals surface area contributed by atoms with Gasteiger partial charge in [0.25, 0.3) is 0 Å². The van der Waals surface area contributed by atoms with E-state index in [1.165, 1.54) is 5.56 Å². The molecule has 1 fully saturated rings. The van der Waals surface area contributed by atoms with Gasteiger partial charge in [-0.1, -0.05) is 67.4 Å². The summed E-state index contributed by atoms with van der Waals surface area (Å²) in [6.07, 6.45) is 3.60.